The number of aromatic nitrogens is 2. The Bertz CT molecular complexity index is 1020. The van der Waals surface area contributed by atoms with Crippen LogP contribution in [0.3, 0.4) is 0 Å². The molecule has 1 spiro atoms. The highest BCUT2D eigenvalue weighted by Gasteiger charge is 2.55. The molecule has 3 aliphatic rings. The van der Waals surface area contributed by atoms with Gasteiger partial charge in [-0.25, -0.2) is 4.98 Å². The smallest absolute Gasteiger partial charge is 0.370 e. The fourth-order valence-electron chi connectivity index (χ4n) is 5.51. The van der Waals surface area contributed by atoms with Gasteiger partial charge in [-0.2, -0.15) is 0 Å². The lowest BCUT2D eigenvalue weighted by Gasteiger charge is -2.59. The van der Waals surface area contributed by atoms with E-state index in [9.17, 15) is 18.0 Å². The van der Waals surface area contributed by atoms with Crippen molar-refractivity contribution in [1.82, 2.24) is 14.9 Å². The maximum absolute atomic E-state index is 12.9. The van der Waals surface area contributed by atoms with Crippen LogP contribution < -0.4 is 10.2 Å². The Hall–Kier alpha value is -2.55. The second kappa shape index (κ2) is 10.2. The molecular formula is C26H35F3N4O2. The molecule has 0 radical (unpaired) electrons. The van der Waals surface area contributed by atoms with Crippen molar-refractivity contribution in [2.24, 2.45) is 5.41 Å². The van der Waals surface area contributed by atoms with Crippen molar-refractivity contribution < 1.29 is 22.7 Å². The molecule has 2 fully saturated rings. The van der Waals surface area contributed by atoms with Crippen LogP contribution in [0.25, 0.3) is 0 Å². The number of alkyl halides is 3. The number of carbonyl (C=O) groups is 1. The van der Waals surface area contributed by atoms with Gasteiger partial charge in [-0.05, 0) is 49.8 Å². The summed E-state index contributed by atoms with van der Waals surface area (Å²) < 4.78 is 43.2. The van der Waals surface area contributed by atoms with Gasteiger partial charge in [0.15, 0.2) is 0 Å². The van der Waals surface area contributed by atoms with Crippen LogP contribution in [0.4, 0.5) is 18.9 Å². The molecule has 0 bridgehead atoms. The van der Waals surface area contributed by atoms with Crippen LogP contribution in [0.5, 0.6) is 0 Å². The third-order valence-electron chi connectivity index (χ3n) is 7.13. The summed E-state index contributed by atoms with van der Waals surface area (Å²) in [5, 5.41) is 3.04. The summed E-state index contributed by atoms with van der Waals surface area (Å²) in [5.74, 6) is 0.935. The first-order valence-electron chi connectivity index (χ1n) is 12.7. The van der Waals surface area contributed by atoms with Gasteiger partial charge in [0.25, 0.3) is 5.91 Å². The molecule has 1 saturated heterocycles. The number of hydrogen-bond donors (Lipinski definition) is 1. The first-order chi connectivity index (χ1) is 16.8. The van der Waals surface area contributed by atoms with Gasteiger partial charge in [0.1, 0.15) is 11.5 Å². The number of ether oxygens (including phenoxy) is 1. The molecule has 1 saturated carbocycles. The SMILES string of the molecule is CC.CCc1nc2n(c1C(=O)NCc1ccc(N3CC4(CC(OC(F)(F)F)C4)C3)cc1)CCCC2. The third kappa shape index (κ3) is 5.50. The fourth-order valence-corrected chi connectivity index (χ4v) is 5.51. The molecule has 0 unspecified atom stereocenters. The average molecular weight is 493 g/mol. The standard InChI is InChI=1S/C24H29F3N4O2.C2H6/c1-2-19-21(31-10-4-3-5-20(31)29-19)22(32)28-13-16-6-8-17(9-7-16)30-14-23(15-30)11-18(12-23)33-24(25,26)27;1-2/h6-9,18H,2-5,10-15H2,1H3,(H,28,32);1-2H3. The molecule has 2 aliphatic heterocycles. The largest absolute Gasteiger partial charge is 0.522 e. The first-order valence-corrected chi connectivity index (χ1v) is 12.7. The molecule has 1 aromatic heterocycles. The fraction of sp³-hybridized carbons (Fsp3) is 0.615. The van der Waals surface area contributed by atoms with Gasteiger partial charge in [0, 0.05) is 43.7 Å². The number of anilines is 1. The zero-order valence-corrected chi connectivity index (χ0v) is 20.7. The highest BCUT2D eigenvalue weighted by Crippen LogP contribution is 2.51. The van der Waals surface area contributed by atoms with Crippen molar-refractivity contribution in [2.75, 3.05) is 18.0 Å². The minimum Gasteiger partial charge on any atom is -0.370 e. The van der Waals surface area contributed by atoms with E-state index in [0.29, 0.717) is 25.1 Å². The molecule has 1 amide bonds. The Morgan fingerprint density at radius 3 is 2.49 bits per heavy atom. The van der Waals surface area contributed by atoms with Gasteiger partial charge in [0.05, 0.1) is 11.8 Å². The predicted octanol–water partition coefficient (Wildman–Crippen LogP) is 5.24. The topological polar surface area (TPSA) is 59.4 Å². The summed E-state index contributed by atoms with van der Waals surface area (Å²) in [6.45, 7) is 8.82. The average Bonchev–Trinajstić information content (AvgIpc) is 3.18. The number of benzene rings is 1. The number of fused-ring (bicyclic) bond motifs is 1. The molecule has 1 aliphatic carbocycles. The summed E-state index contributed by atoms with van der Waals surface area (Å²) in [6, 6.07) is 8.00. The zero-order chi connectivity index (χ0) is 25.2. The quantitative estimate of drug-likeness (QED) is 0.599. The van der Waals surface area contributed by atoms with Crippen molar-refractivity contribution >= 4 is 11.6 Å². The third-order valence-corrected chi connectivity index (χ3v) is 7.13. The summed E-state index contributed by atoms with van der Waals surface area (Å²) >= 11 is 0. The van der Waals surface area contributed by atoms with E-state index < -0.39 is 12.5 Å². The molecule has 6 nitrogen and oxygen atoms in total. The van der Waals surface area contributed by atoms with Gasteiger partial charge in [-0.3, -0.25) is 9.53 Å². The Morgan fingerprint density at radius 1 is 1.17 bits per heavy atom. The number of aryl methyl sites for hydroxylation is 2. The maximum Gasteiger partial charge on any atom is 0.522 e. The Morgan fingerprint density at radius 2 is 1.86 bits per heavy atom. The minimum atomic E-state index is -4.55. The second-order valence-corrected chi connectivity index (χ2v) is 9.58. The van der Waals surface area contributed by atoms with Gasteiger partial charge < -0.3 is 14.8 Å². The van der Waals surface area contributed by atoms with Crippen LogP contribution in [0, 0.1) is 5.41 Å². The number of halogens is 3. The Labute approximate surface area is 204 Å². The van der Waals surface area contributed by atoms with Crippen LogP contribution in [0.2, 0.25) is 0 Å². The van der Waals surface area contributed by atoms with E-state index in [-0.39, 0.29) is 11.3 Å². The lowest BCUT2D eigenvalue weighted by Crippen LogP contribution is -2.64. The van der Waals surface area contributed by atoms with E-state index in [1.54, 1.807) is 0 Å². The lowest BCUT2D eigenvalue weighted by atomic mass is 9.61. The van der Waals surface area contributed by atoms with Gasteiger partial charge in [-0.15, -0.1) is 13.2 Å². The molecule has 35 heavy (non-hydrogen) atoms. The zero-order valence-electron chi connectivity index (χ0n) is 20.7. The number of nitrogens with zero attached hydrogens (tertiary/aromatic N) is 3. The van der Waals surface area contributed by atoms with Crippen molar-refractivity contribution in [1.29, 1.82) is 0 Å². The van der Waals surface area contributed by atoms with E-state index in [2.05, 4.69) is 24.5 Å². The highest BCUT2D eigenvalue weighted by molar-refractivity contribution is 5.94. The van der Waals surface area contributed by atoms with Crippen molar-refractivity contribution in [3.63, 3.8) is 0 Å². The number of amides is 1. The molecule has 5 rings (SSSR count). The van der Waals surface area contributed by atoms with E-state index in [4.69, 9.17) is 0 Å². The monoisotopic (exact) mass is 492 g/mol. The van der Waals surface area contributed by atoms with E-state index >= 15 is 0 Å². The van der Waals surface area contributed by atoms with Crippen LogP contribution in [0.1, 0.15) is 74.0 Å². The Kier molecular flexibility index (Phi) is 7.45. The lowest BCUT2D eigenvalue weighted by molar-refractivity contribution is -0.360. The van der Waals surface area contributed by atoms with Crippen molar-refractivity contribution in [3.8, 4) is 0 Å². The maximum atomic E-state index is 12.9. The summed E-state index contributed by atoms with van der Waals surface area (Å²) in [4.78, 5) is 19.8. The van der Waals surface area contributed by atoms with Gasteiger partial charge >= 0.3 is 6.36 Å². The molecule has 3 heterocycles. The van der Waals surface area contributed by atoms with Crippen molar-refractivity contribution in [3.05, 3.63) is 47.0 Å². The molecule has 1 aromatic carbocycles. The Balaban J connectivity index is 0.00000141. The second-order valence-electron chi connectivity index (χ2n) is 9.58. The highest BCUT2D eigenvalue weighted by atomic mass is 19.4. The molecule has 192 valence electrons. The minimum absolute atomic E-state index is 0.0378. The first kappa shape index (κ1) is 25.5. The number of nitrogens with one attached hydrogen (secondary N) is 1. The van der Waals surface area contributed by atoms with E-state index in [1.807, 2.05) is 45.0 Å². The predicted molar refractivity (Wildman–Crippen MR) is 128 cm³/mol. The summed E-state index contributed by atoms with van der Waals surface area (Å²) in [7, 11) is 0. The van der Waals surface area contributed by atoms with Crippen LogP contribution in [0.15, 0.2) is 24.3 Å². The number of rotatable bonds is 6. The van der Waals surface area contributed by atoms with Gasteiger partial charge in [-0.1, -0.05) is 32.9 Å². The van der Waals surface area contributed by atoms with Gasteiger partial charge in [0.2, 0.25) is 0 Å². The van der Waals surface area contributed by atoms with Crippen LogP contribution in [-0.4, -0.2) is 41.0 Å². The molecule has 9 heteroatoms. The molecule has 0 atom stereocenters. The molecule has 2 aromatic rings. The summed E-state index contributed by atoms with van der Waals surface area (Å²) in [5.41, 5.74) is 3.58. The van der Waals surface area contributed by atoms with Crippen molar-refractivity contribution in [2.45, 2.75) is 84.9 Å². The normalized spacial score (nSPS) is 18.7. The molecule has 1 N–H and O–H groups in total. The number of hydrogen-bond acceptors (Lipinski definition) is 4. The number of imidazole rings is 1. The summed E-state index contributed by atoms with van der Waals surface area (Å²) in [6.07, 6.45) is -0.469. The van der Waals surface area contributed by atoms with E-state index in [0.717, 1.165) is 68.1 Å². The van der Waals surface area contributed by atoms with Crippen LogP contribution in [-0.2, 0) is 30.7 Å². The number of carbonyl (C=O) groups excluding carboxylic acids is 1. The molecular weight excluding hydrogens is 457 g/mol. The van der Waals surface area contributed by atoms with Crippen LogP contribution >= 0.6 is 0 Å². The van der Waals surface area contributed by atoms with E-state index in [1.165, 1.54) is 0 Å².